The predicted octanol–water partition coefficient (Wildman–Crippen LogP) is 2.29. The van der Waals surface area contributed by atoms with Crippen molar-refractivity contribution in [3.63, 3.8) is 0 Å². The van der Waals surface area contributed by atoms with Gasteiger partial charge < -0.3 is 4.90 Å². The highest BCUT2D eigenvalue weighted by atomic mass is 19.3. The molecule has 2 fully saturated rings. The van der Waals surface area contributed by atoms with Gasteiger partial charge in [0.25, 0.3) is 5.92 Å². The Morgan fingerprint density at radius 3 is 2.00 bits per heavy atom. The molecule has 1 heterocycles. The maximum atomic E-state index is 13.2. The van der Waals surface area contributed by atoms with E-state index in [0.29, 0.717) is 6.42 Å². The van der Waals surface area contributed by atoms with E-state index in [1.807, 2.05) is 20.8 Å². The molecule has 2 aliphatic rings. The summed E-state index contributed by atoms with van der Waals surface area (Å²) in [6, 6.07) is 0. The first-order chi connectivity index (χ1) is 6.68. The molecule has 0 aromatic heterocycles. The lowest BCUT2D eigenvalue weighted by molar-refractivity contribution is -0.256. The van der Waals surface area contributed by atoms with E-state index < -0.39 is 16.8 Å². The number of halogens is 2. The Balaban J connectivity index is 1.97. The second-order valence-corrected chi connectivity index (χ2v) is 5.90. The standard InChI is InChI=1S/C11H17F2NO/c1-9(2,3)8(15)14-6-10(7-14)4-5-11(10,12)13/h4-7H2,1-3H3. The molecule has 4 heteroatoms. The van der Waals surface area contributed by atoms with Crippen molar-refractivity contribution in [2.45, 2.75) is 39.5 Å². The smallest absolute Gasteiger partial charge is 0.257 e. The highest BCUT2D eigenvalue weighted by Gasteiger charge is 2.67. The summed E-state index contributed by atoms with van der Waals surface area (Å²) in [5, 5.41) is 0. The quantitative estimate of drug-likeness (QED) is 0.609. The van der Waals surface area contributed by atoms with Crippen molar-refractivity contribution in [3.8, 4) is 0 Å². The summed E-state index contributed by atoms with van der Waals surface area (Å²) in [5.74, 6) is -2.56. The fourth-order valence-corrected chi connectivity index (χ4v) is 2.36. The monoisotopic (exact) mass is 217 g/mol. The molecule has 1 aliphatic heterocycles. The number of carbonyl (C=O) groups excluding carboxylic acids is 1. The topological polar surface area (TPSA) is 20.3 Å². The maximum absolute atomic E-state index is 13.2. The molecule has 0 bridgehead atoms. The van der Waals surface area contributed by atoms with Gasteiger partial charge in [-0.05, 0) is 6.42 Å². The number of amides is 1. The molecule has 1 spiro atoms. The molecule has 0 aromatic carbocycles. The van der Waals surface area contributed by atoms with Crippen LogP contribution in [-0.4, -0.2) is 29.8 Å². The number of likely N-dealkylation sites (tertiary alicyclic amines) is 1. The molecule has 0 radical (unpaired) electrons. The van der Waals surface area contributed by atoms with E-state index in [9.17, 15) is 13.6 Å². The predicted molar refractivity (Wildman–Crippen MR) is 52.6 cm³/mol. The van der Waals surface area contributed by atoms with Crippen molar-refractivity contribution in [1.82, 2.24) is 4.90 Å². The first-order valence-electron chi connectivity index (χ1n) is 5.35. The van der Waals surface area contributed by atoms with Crippen molar-refractivity contribution >= 4 is 5.91 Å². The van der Waals surface area contributed by atoms with Gasteiger partial charge in [-0.2, -0.15) is 0 Å². The van der Waals surface area contributed by atoms with Crippen molar-refractivity contribution in [1.29, 1.82) is 0 Å². The number of alkyl halides is 2. The minimum absolute atomic E-state index is 0.00938. The van der Waals surface area contributed by atoms with E-state index >= 15 is 0 Å². The van der Waals surface area contributed by atoms with Crippen molar-refractivity contribution in [2.24, 2.45) is 10.8 Å². The van der Waals surface area contributed by atoms with Crippen LogP contribution >= 0.6 is 0 Å². The summed E-state index contributed by atoms with van der Waals surface area (Å²) in [7, 11) is 0. The van der Waals surface area contributed by atoms with Gasteiger partial charge in [0.1, 0.15) is 0 Å². The van der Waals surface area contributed by atoms with Crippen LogP contribution in [0.2, 0.25) is 0 Å². The van der Waals surface area contributed by atoms with Crippen LogP contribution in [0.4, 0.5) is 8.78 Å². The third-order valence-electron chi connectivity index (χ3n) is 3.61. The number of rotatable bonds is 0. The highest BCUT2D eigenvalue weighted by molar-refractivity contribution is 5.82. The lowest BCUT2D eigenvalue weighted by Crippen LogP contribution is -2.71. The molecule has 1 amide bonds. The fraction of sp³-hybridized carbons (Fsp3) is 0.909. The Kier molecular flexibility index (Phi) is 1.96. The zero-order chi connectivity index (χ0) is 11.5. The molecule has 0 N–H and O–H groups in total. The third kappa shape index (κ3) is 1.37. The molecule has 86 valence electrons. The van der Waals surface area contributed by atoms with E-state index in [2.05, 4.69) is 0 Å². The van der Waals surface area contributed by atoms with Gasteiger partial charge in [0.05, 0.1) is 5.41 Å². The average Bonchev–Trinajstić information content (AvgIpc) is 1.98. The van der Waals surface area contributed by atoms with Crippen LogP contribution in [-0.2, 0) is 4.79 Å². The number of nitrogens with zero attached hydrogens (tertiary/aromatic N) is 1. The number of carbonyl (C=O) groups is 1. The Morgan fingerprint density at radius 2 is 1.73 bits per heavy atom. The van der Waals surface area contributed by atoms with Crippen LogP contribution in [0.15, 0.2) is 0 Å². The molecule has 2 rings (SSSR count). The van der Waals surface area contributed by atoms with Gasteiger partial charge in [-0.1, -0.05) is 20.8 Å². The van der Waals surface area contributed by atoms with Gasteiger partial charge >= 0.3 is 0 Å². The summed E-state index contributed by atoms with van der Waals surface area (Å²) < 4.78 is 26.5. The minimum atomic E-state index is -2.54. The maximum Gasteiger partial charge on any atom is 0.257 e. The van der Waals surface area contributed by atoms with E-state index in [1.165, 1.54) is 0 Å². The fourth-order valence-electron chi connectivity index (χ4n) is 2.36. The van der Waals surface area contributed by atoms with E-state index in [0.717, 1.165) is 0 Å². The van der Waals surface area contributed by atoms with Crippen molar-refractivity contribution in [3.05, 3.63) is 0 Å². The zero-order valence-electron chi connectivity index (χ0n) is 9.44. The molecule has 15 heavy (non-hydrogen) atoms. The second kappa shape index (κ2) is 2.71. The minimum Gasteiger partial charge on any atom is -0.341 e. The summed E-state index contributed by atoms with van der Waals surface area (Å²) in [6.07, 6.45) is 0.554. The Hall–Kier alpha value is -0.670. The van der Waals surface area contributed by atoms with Gasteiger partial charge in [0, 0.05) is 24.9 Å². The largest absolute Gasteiger partial charge is 0.341 e. The van der Waals surface area contributed by atoms with Crippen LogP contribution in [0.25, 0.3) is 0 Å². The van der Waals surface area contributed by atoms with Crippen molar-refractivity contribution in [2.75, 3.05) is 13.1 Å². The normalized spacial score (nSPS) is 27.1. The summed E-state index contributed by atoms with van der Waals surface area (Å²) >= 11 is 0. The van der Waals surface area contributed by atoms with Crippen LogP contribution in [0.5, 0.6) is 0 Å². The van der Waals surface area contributed by atoms with Gasteiger partial charge in [-0.25, -0.2) is 8.78 Å². The molecule has 0 unspecified atom stereocenters. The molecule has 1 saturated heterocycles. The number of hydrogen-bond donors (Lipinski definition) is 0. The average molecular weight is 217 g/mol. The van der Waals surface area contributed by atoms with Crippen LogP contribution < -0.4 is 0 Å². The van der Waals surface area contributed by atoms with Crippen LogP contribution in [0.3, 0.4) is 0 Å². The first-order valence-corrected chi connectivity index (χ1v) is 5.35. The first kappa shape index (κ1) is 10.8. The van der Waals surface area contributed by atoms with Crippen LogP contribution in [0, 0.1) is 10.8 Å². The third-order valence-corrected chi connectivity index (χ3v) is 3.61. The Bertz CT molecular complexity index is 300. The van der Waals surface area contributed by atoms with E-state index in [4.69, 9.17) is 0 Å². The molecule has 0 atom stereocenters. The molecule has 1 saturated carbocycles. The zero-order valence-corrected chi connectivity index (χ0v) is 9.44. The lowest BCUT2D eigenvalue weighted by atomic mass is 9.60. The van der Waals surface area contributed by atoms with Gasteiger partial charge in [-0.15, -0.1) is 0 Å². The highest BCUT2D eigenvalue weighted by Crippen LogP contribution is 2.59. The molecule has 1 aliphatic carbocycles. The van der Waals surface area contributed by atoms with Gasteiger partial charge in [0.15, 0.2) is 0 Å². The second-order valence-electron chi connectivity index (χ2n) is 5.90. The summed E-state index contributed by atoms with van der Waals surface area (Å²) in [5.41, 5.74) is -1.32. The molecule has 0 aromatic rings. The van der Waals surface area contributed by atoms with E-state index in [1.54, 1.807) is 4.90 Å². The Labute approximate surface area is 88.6 Å². The van der Waals surface area contributed by atoms with Gasteiger partial charge in [0.2, 0.25) is 5.91 Å². The lowest BCUT2D eigenvalue weighted by Gasteiger charge is -2.60. The Morgan fingerprint density at radius 1 is 1.20 bits per heavy atom. The van der Waals surface area contributed by atoms with Gasteiger partial charge in [-0.3, -0.25) is 4.79 Å². The summed E-state index contributed by atoms with van der Waals surface area (Å²) in [6.45, 7) is 5.95. The summed E-state index contributed by atoms with van der Waals surface area (Å²) in [4.78, 5) is 13.3. The molecular weight excluding hydrogens is 200 g/mol. The number of hydrogen-bond acceptors (Lipinski definition) is 1. The van der Waals surface area contributed by atoms with Crippen molar-refractivity contribution < 1.29 is 13.6 Å². The van der Waals surface area contributed by atoms with E-state index in [-0.39, 0.29) is 25.4 Å². The van der Waals surface area contributed by atoms with Crippen LogP contribution in [0.1, 0.15) is 33.6 Å². The molecular formula is C11H17F2NO. The SMILES string of the molecule is CC(C)(C)C(=O)N1CC2(CCC2(F)F)C1. The molecule has 2 nitrogen and oxygen atoms in total.